The zero-order chi connectivity index (χ0) is 10.7. The van der Waals surface area contributed by atoms with Gasteiger partial charge < -0.3 is 10.7 Å². The summed E-state index contributed by atoms with van der Waals surface area (Å²) < 4.78 is 0. The zero-order valence-corrected chi connectivity index (χ0v) is 9.03. The molecule has 1 heterocycles. The number of nitrogens with one attached hydrogen (secondary N) is 1. The highest BCUT2D eigenvalue weighted by Gasteiger charge is 2.03. The van der Waals surface area contributed by atoms with Crippen molar-refractivity contribution >= 4 is 10.9 Å². The molecule has 0 atom stereocenters. The summed E-state index contributed by atoms with van der Waals surface area (Å²) in [5.41, 5.74) is 8.12. The minimum atomic E-state index is 0.613. The Morgan fingerprint density at radius 2 is 2.13 bits per heavy atom. The van der Waals surface area contributed by atoms with Crippen LogP contribution in [-0.2, 0) is 6.42 Å². The molecule has 0 amide bonds. The molecule has 1 aromatic carbocycles. The minimum Gasteiger partial charge on any atom is -0.361 e. The summed E-state index contributed by atoms with van der Waals surface area (Å²) in [5.74, 6) is 0. The topological polar surface area (TPSA) is 45.0 Å². The Balaban J connectivity index is 2.14. The monoisotopic (exact) mass is 203 g/mol. The second kappa shape index (κ2) is 4.47. The van der Waals surface area contributed by atoms with Gasteiger partial charge in [0.1, 0.15) is 0 Å². The van der Waals surface area contributed by atoms with Crippen molar-refractivity contribution in [2.45, 2.75) is 6.42 Å². The largest absolute Gasteiger partial charge is 0.361 e. The third-order valence-corrected chi connectivity index (χ3v) is 2.75. The molecule has 0 aliphatic heterocycles. The zero-order valence-electron chi connectivity index (χ0n) is 9.03. The number of aromatic amines is 1. The Morgan fingerprint density at radius 3 is 2.93 bits per heavy atom. The van der Waals surface area contributed by atoms with Crippen LogP contribution in [0.15, 0.2) is 30.5 Å². The van der Waals surface area contributed by atoms with Gasteiger partial charge in [-0.25, -0.2) is 0 Å². The van der Waals surface area contributed by atoms with E-state index in [2.05, 4.69) is 40.3 Å². The summed E-state index contributed by atoms with van der Waals surface area (Å²) >= 11 is 0. The van der Waals surface area contributed by atoms with Gasteiger partial charge in [0, 0.05) is 30.3 Å². The van der Waals surface area contributed by atoms with Gasteiger partial charge in [0.05, 0.1) is 0 Å². The van der Waals surface area contributed by atoms with E-state index in [1.165, 1.54) is 16.5 Å². The third-order valence-electron chi connectivity index (χ3n) is 2.75. The molecule has 0 aliphatic carbocycles. The molecule has 2 aromatic rings. The highest BCUT2D eigenvalue weighted by molar-refractivity contribution is 5.83. The first-order valence-electron chi connectivity index (χ1n) is 5.25. The maximum Gasteiger partial charge on any atom is 0.0456 e. The number of rotatable bonds is 4. The molecular weight excluding hydrogens is 186 g/mol. The van der Waals surface area contributed by atoms with Crippen molar-refractivity contribution < 1.29 is 0 Å². The molecule has 0 saturated heterocycles. The summed E-state index contributed by atoms with van der Waals surface area (Å²) in [5, 5.41) is 1.32. The Labute approximate surface area is 89.9 Å². The van der Waals surface area contributed by atoms with Crippen LogP contribution in [0.25, 0.3) is 10.9 Å². The number of benzene rings is 1. The Kier molecular flexibility index (Phi) is 3.04. The van der Waals surface area contributed by atoms with Crippen LogP contribution in [0.1, 0.15) is 5.56 Å². The van der Waals surface area contributed by atoms with Crippen molar-refractivity contribution in [1.29, 1.82) is 0 Å². The minimum absolute atomic E-state index is 0.613. The molecule has 0 radical (unpaired) electrons. The first-order valence-corrected chi connectivity index (χ1v) is 5.25. The number of nitrogens with zero attached hydrogens (tertiary/aromatic N) is 1. The molecule has 1 aromatic heterocycles. The molecular formula is C12H17N3. The van der Waals surface area contributed by atoms with E-state index in [9.17, 15) is 0 Å². The standard InChI is InChI=1S/C12H17N3/c1-15(9-13)7-6-10-8-14-12-5-3-2-4-11(10)12/h2-5,8,14H,6-7,9,13H2,1H3. The highest BCUT2D eigenvalue weighted by atomic mass is 15.1. The molecule has 0 bridgehead atoms. The average Bonchev–Trinajstić information content (AvgIpc) is 2.69. The van der Waals surface area contributed by atoms with Crippen LogP contribution in [0.3, 0.4) is 0 Å². The molecule has 0 fully saturated rings. The number of hydrogen-bond acceptors (Lipinski definition) is 2. The van der Waals surface area contributed by atoms with E-state index in [4.69, 9.17) is 5.73 Å². The fourth-order valence-electron chi connectivity index (χ4n) is 1.74. The van der Waals surface area contributed by atoms with Crippen LogP contribution in [0.2, 0.25) is 0 Å². The lowest BCUT2D eigenvalue weighted by Crippen LogP contribution is -2.27. The lowest BCUT2D eigenvalue weighted by molar-refractivity contribution is 0.349. The van der Waals surface area contributed by atoms with E-state index in [0.717, 1.165) is 13.0 Å². The molecule has 3 nitrogen and oxygen atoms in total. The van der Waals surface area contributed by atoms with Gasteiger partial charge in [-0.05, 0) is 25.1 Å². The van der Waals surface area contributed by atoms with Gasteiger partial charge in [0.25, 0.3) is 0 Å². The smallest absolute Gasteiger partial charge is 0.0456 e. The summed E-state index contributed by atoms with van der Waals surface area (Å²) in [4.78, 5) is 5.39. The normalized spacial score (nSPS) is 11.4. The first-order chi connectivity index (χ1) is 7.31. The summed E-state index contributed by atoms with van der Waals surface area (Å²) in [7, 11) is 2.04. The quantitative estimate of drug-likeness (QED) is 0.741. The molecule has 3 heteroatoms. The van der Waals surface area contributed by atoms with E-state index in [1.54, 1.807) is 0 Å². The SMILES string of the molecule is CN(CN)CCc1c[nH]c2ccccc12. The van der Waals surface area contributed by atoms with Crippen molar-refractivity contribution in [3.63, 3.8) is 0 Å². The second-order valence-electron chi connectivity index (χ2n) is 3.87. The van der Waals surface area contributed by atoms with E-state index in [-0.39, 0.29) is 0 Å². The number of aromatic nitrogens is 1. The number of hydrogen-bond donors (Lipinski definition) is 2. The Morgan fingerprint density at radius 1 is 1.33 bits per heavy atom. The van der Waals surface area contributed by atoms with Crippen molar-refractivity contribution in [3.05, 3.63) is 36.0 Å². The molecule has 3 N–H and O–H groups in total. The first kappa shape index (κ1) is 10.2. The predicted molar refractivity (Wildman–Crippen MR) is 63.7 cm³/mol. The molecule has 0 spiro atoms. The second-order valence-corrected chi connectivity index (χ2v) is 3.87. The Hall–Kier alpha value is -1.32. The summed E-state index contributed by atoms with van der Waals surface area (Å²) in [6.45, 7) is 1.61. The summed E-state index contributed by atoms with van der Waals surface area (Å²) in [6.07, 6.45) is 3.13. The van der Waals surface area contributed by atoms with Gasteiger partial charge in [-0.15, -0.1) is 0 Å². The molecule has 0 saturated carbocycles. The van der Waals surface area contributed by atoms with Gasteiger partial charge in [-0.1, -0.05) is 18.2 Å². The van der Waals surface area contributed by atoms with Crippen molar-refractivity contribution in [3.8, 4) is 0 Å². The van der Waals surface area contributed by atoms with Gasteiger partial charge in [0.2, 0.25) is 0 Å². The van der Waals surface area contributed by atoms with Crippen LogP contribution in [0, 0.1) is 0 Å². The van der Waals surface area contributed by atoms with Crippen LogP contribution >= 0.6 is 0 Å². The number of H-pyrrole nitrogens is 1. The number of likely N-dealkylation sites (N-methyl/N-ethyl adjacent to an activating group) is 1. The van der Waals surface area contributed by atoms with Crippen LogP contribution in [0.4, 0.5) is 0 Å². The lowest BCUT2D eigenvalue weighted by atomic mass is 10.1. The highest BCUT2D eigenvalue weighted by Crippen LogP contribution is 2.17. The number of para-hydroxylation sites is 1. The van der Waals surface area contributed by atoms with E-state index >= 15 is 0 Å². The number of nitrogens with two attached hydrogens (primary N) is 1. The maximum absolute atomic E-state index is 5.54. The Bertz CT molecular complexity index is 433. The fourth-order valence-corrected chi connectivity index (χ4v) is 1.74. The third kappa shape index (κ3) is 2.19. The van der Waals surface area contributed by atoms with Gasteiger partial charge in [0.15, 0.2) is 0 Å². The maximum atomic E-state index is 5.54. The average molecular weight is 203 g/mol. The van der Waals surface area contributed by atoms with Crippen LogP contribution < -0.4 is 5.73 Å². The van der Waals surface area contributed by atoms with Crippen molar-refractivity contribution in [2.24, 2.45) is 5.73 Å². The van der Waals surface area contributed by atoms with Crippen molar-refractivity contribution in [1.82, 2.24) is 9.88 Å². The van der Waals surface area contributed by atoms with Gasteiger partial charge in [-0.2, -0.15) is 0 Å². The number of fused-ring (bicyclic) bond motifs is 1. The molecule has 0 unspecified atom stereocenters. The molecule has 2 rings (SSSR count). The molecule has 80 valence electrons. The van der Waals surface area contributed by atoms with Crippen LogP contribution in [0.5, 0.6) is 0 Å². The fraction of sp³-hybridized carbons (Fsp3) is 0.333. The van der Waals surface area contributed by atoms with E-state index in [0.29, 0.717) is 6.67 Å². The van der Waals surface area contributed by atoms with E-state index in [1.807, 2.05) is 7.05 Å². The molecule has 15 heavy (non-hydrogen) atoms. The lowest BCUT2D eigenvalue weighted by Gasteiger charge is -2.12. The van der Waals surface area contributed by atoms with Crippen LogP contribution in [-0.4, -0.2) is 30.1 Å². The molecule has 0 aliphatic rings. The predicted octanol–water partition coefficient (Wildman–Crippen LogP) is 1.56. The summed E-state index contributed by atoms with van der Waals surface area (Å²) in [6, 6.07) is 8.38. The van der Waals surface area contributed by atoms with E-state index < -0.39 is 0 Å². The van der Waals surface area contributed by atoms with Gasteiger partial charge >= 0.3 is 0 Å². The van der Waals surface area contributed by atoms with Crippen molar-refractivity contribution in [2.75, 3.05) is 20.3 Å². The van der Waals surface area contributed by atoms with Gasteiger partial charge in [-0.3, -0.25) is 4.90 Å².